The van der Waals surface area contributed by atoms with Crippen LogP contribution in [0.2, 0.25) is 0 Å². The minimum Gasteiger partial charge on any atom is -0.390 e. The molecule has 2 heterocycles. The molecule has 5 heteroatoms. The Labute approximate surface area is 83.1 Å². The third-order valence-electron chi connectivity index (χ3n) is 2.64. The van der Waals surface area contributed by atoms with Crippen molar-refractivity contribution in [3.05, 3.63) is 18.5 Å². The molecule has 0 amide bonds. The first kappa shape index (κ1) is 9.64. The van der Waals surface area contributed by atoms with Gasteiger partial charge in [-0.25, -0.2) is 0 Å². The van der Waals surface area contributed by atoms with E-state index in [0.29, 0.717) is 13.1 Å². The van der Waals surface area contributed by atoms with Crippen LogP contribution in [0.1, 0.15) is 6.04 Å². The van der Waals surface area contributed by atoms with Crippen LogP contribution in [0, 0.1) is 0 Å². The second-order valence-electron chi connectivity index (χ2n) is 3.67. The van der Waals surface area contributed by atoms with Crippen LogP contribution < -0.4 is 5.73 Å². The molecule has 14 heavy (non-hydrogen) atoms. The van der Waals surface area contributed by atoms with E-state index >= 15 is 0 Å². The van der Waals surface area contributed by atoms with E-state index in [9.17, 15) is 5.11 Å². The van der Waals surface area contributed by atoms with E-state index in [2.05, 4.69) is 10.00 Å². The van der Waals surface area contributed by atoms with Gasteiger partial charge in [-0.1, -0.05) is 0 Å². The third-order valence-corrected chi connectivity index (χ3v) is 2.64. The third kappa shape index (κ3) is 1.79. The van der Waals surface area contributed by atoms with E-state index in [0.717, 1.165) is 13.1 Å². The Morgan fingerprint density at radius 1 is 1.50 bits per heavy atom. The van der Waals surface area contributed by atoms with E-state index < -0.39 is 0 Å². The van der Waals surface area contributed by atoms with Gasteiger partial charge in [-0.15, -0.1) is 0 Å². The molecule has 2 atom stereocenters. The van der Waals surface area contributed by atoms with Gasteiger partial charge in [0.15, 0.2) is 0 Å². The Morgan fingerprint density at radius 2 is 2.36 bits per heavy atom. The molecular weight excluding hydrogens is 180 g/mol. The number of aromatic nitrogens is 2. The SMILES string of the molecule is NCCN1C[C@@H](O)[C@@H](n2cccn2)C1. The van der Waals surface area contributed by atoms with Gasteiger partial charge in [-0.3, -0.25) is 9.58 Å². The Hall–Kier alpha value is -0.910. The number of β-amino-alcohol motifs (C(OH)–C–C–N with tert-alkyl or cyclic N) is 1. The van der Waals surface area contributed by atoms with Crippen LogP contribution in [-0.2, 0) is 0 Å². The lowest BCUT2D eigenvalue weighted by molar-refractivity contribution is 0.139. The number of aliphatic hydroxyl groups excluding tert-OH is 1. The summed E-state index contributed by atoms with van der Waals surface area (Å²) in [5.74, 6) is 0. The summed E-state index contributed by atoms with van der Waals surface area (Å²) in [6.07, 6.45) is 3.29. The fourth-order valence-electron chi connectivity index (χ4n) is 1.95. The molecule has 1 aliphatic heterocycles. The zero-order valence-corrected chi connectivity index (χ0v) is 8.08. The molecule has 1 saturated heterocycles. The number of likely N-dealkylation sites (tertiary alicyclic amines) is 1. The first-order valence-electron chi connectivity index (χ1n) is 4.91. The van der Waals surface area contributed by atoms with Crippen molar-refractivity contribution in [2.45, 2.75) is 12.1 Å². The highest BCUT2D eigenvalue weighted by Crippen LogP contribution is 2.20. The second kappa shape index (κ2) is 4.08. The highest BCUT2D eigenvalue weighted by atomic mass is 16.3. The average molecular weight is 196 g/mol. The molecule has 2 rings (SSSR count). The van der Waals surface area contributed by atoms with Crippen molar-refractivity contribution in [2.75, 3.05) is 26.2 Å². The summed E-state index contributed by atoms with van der Waals surface area (Å²) < 4.78 is 1.82. The lowest BCUT2D eigenvalue weighted by Gasteiger charge is -2.14. The number of nitrogens with zero attached hydrogens (tertiary/aromatic N) is 3. The summed E-state index contributed by atoms with van der Waals surface area (Å²) in [6.45, 7) is 3.01. The number of nitrogens with two attached hydrogens (primary N) is 1. The summed E-state index contributed by atoms with van der Waals surface area (Å²) in [5.41, 5.74) is 5.47. The number of hydrogen-bond acceptors (Lipinski definition) is 4. The lowest BCUT2D eigenvalue weighted by atomic mass is 10.2. The summed E-state index contributed by atoms with van der Waals surface area (Å²) in [4.78, 5) is 2.16. The van der Waals surface area contributed by atoms with E-state index in [4.69, 9.17) is 5.73 Å². The molecule has 0 spiro atoms. The van der Waals surface area contributed by atoms with Crippen molar-refractivity contribution in [3.63, 3.8) is 0 Å². The molecule has 0 aromatic carbocycles. The maximum absolute atomic E-state index is 9.81. The van der Waals surface area contributed by atoms with Crippen LogP contribution in [0.25, 0.3) is 0 Å². The van der Waals surface area contributed by atoms with Gasteiger partial charge in [0.2, 0.25) is 0 Å². The zero-order valence-electron chi connectivity index (χ0n) is 8.08. The van der Waals surface area contributed by atoms with Gasteiger partial charge in [-0.05, 0) is 6.07 Å². The molecule has 3 N–H and O–H groups in total. The Kier molecular flexibility index (Phi) is 2.81. The predicted molar refractivity (Wildman–Crippen MR) is 52.8 cm³/mol. The zero-order chi connectivity index (χ0) is 9.97. The van der Waals surface area contributed by atoms with Crippen LogP contribution in [0.3, 0.4) is 0 Å². The predicted octanol–water partition coefficient (Wildman–Crippen LogP) is -0.941. The maximum Gasteiger partial charge on any atom is 0.0917 e. The van der Waals surface area contributed by atoms with Crippen LogP contribution in [-0.4, -0.2) is 52.1 Å². The normalized spacial score (nSPS) is 28.4. The fraction of sp³-hybridized carbons (Fsp3) is 0.667. The number of rotatable bonds is 3. The summed E-state index contributed by atoms with van der Waals surface area (Å²) in [6, 6.07) is 1.95. The molecule has 0 saturated carbocycles. The summed E-state index contributed by atoms with van der Waals surface area (Å²) >= 11 is 0. The van der Waals surface area contributed by atoms with Crippen LogP contribution >= 0.6 is 0 Å². The standard InChI is InChI=1S/C9H16N4O/c10-2-5-12-6-8(9(14)7-12)13-4-1-3-11-13/h1,3-4,8-9,14H,2,5-7,10H2/t8-,9+/m0/s1. The highest BCUT2D eigenvalue weighted by molar-refractivity contribution is 4.91. The van der Waals surface area contributed by atoms with Crippen molar-refractivity contribution in [1.29, 1.82) is 0 Å². The average Bonchev–Trinajstić information content (AvgIpc) is 2.74. The smallest absolute Gasteiger partial charge is 0.0917 e. The van der Waals surface area contributed by atoms with E-state index in [1.165, 1.54) is 0 Å². The van der Waals surface area contributed by atoms with Crippen molar-refractivity contribution < 1.29 is 5.11 Å². The first-order chi connectivity index (χ1) is 6.81. The first-order valence-corrected chi connectivity index (χ1v) is 4.91. The topological polar surface area (TPSA) is 67.3 Å². The molecule has 1 aromatic heterocycles. The monoisotopic (exact) mass is 196 g/mol. The van der Waals surface area contributed by atoms with Crippen LogP contribution in [0.15, 0.2) is 18.5 Å². The summed E-state index contributed by atoms with van der Waals surface area (Å²) in [5, 5.41) is 14.0. The van der Waals surface area contributed by atoms with Crippen molar-refractivity contribution >= 4 is 0 Å². The van der Waals surface area contributed by atoms with Gasteiger partial charge < -0.3 is 10.8 Å². The molecule has 1 fully saturated rings. The second-order valence-corrected chi connectivity index (χ2v) is 3.67. The fourth-order valence-corrected chi connectivity index (χ4v) is 1.95. The van der Waals surface area contributed by atoms with E-state index in [1.54, 1.807) is 6.20 Å². The molecular formula is C9H16N4O. The van der Waals surface area contributed by atoms with Gasteiger partial charge in [0, 0.05) is 38.6 Å². The largest absolute Gasteiger partial charge is 0.390 e. The van der Waals surface area contributed by atoms with Crippen LogP contribution in [0.4, 0.5) is 0 Å². The molecule has 0 aliphatic carbocycles. The van der Waals surface area contributed by atoms with Gasteiger partial charge in [-0.2, -0.15) is 5.10 Å². The highest BCUT2D eigenvalue weighted by Gasteiger charge is 2.32. The molecule has 0 bridgehead atoms. The maximum atomic E-state index is 9.81. The molecule has 1 aliphatic rings. The molecule has 78 valence electrons. The number of hydrogen-bond donors (Lipinski definition) is 2. The molecule has 5 nitrogen and oxygen atoms in total. The molecule has 0 radical (unpaired) electrons. The lowest BCUT2D eigenvalue weighted by Crippen LogP contribution is -2.28. The minimum absolute atomic E-state index is 0.0801. The van der Waals surface area contributed by atoms with Gasteiger partial charge >= 0.3 is 0 Å². The van der Waals surface area contributed by atoms with E-state index in [-0.39, 0.29) is 12.1 Å². The minimum atomic E-state index is -0.332. The summed E-state index contributed by atoms with van der Waals surface area (Å²) in [7, 11) is 0. The van der Waals surface area contributed by atoms with Gasteiger partial charge in [0.05, 0.1) is 12.1 Å². The van der Waals surface area contributed by atoms with Crippen molar-refractivity contribution in [1.82, 2.24) is 14.7 Å². The Morgan fingerprint density at radius 3 is 3.00 bits per heavy atom. The Bertz CT molecular complexity index is 274. The quantitative estimate of drug-likeness (QED) is 0.654. The number of aliphatic hydroxyl groups is 1. The van der Waals surface area contributed by atoms with Gasteiger partial charge in [0.25, 0.3) is 0 Å². The van der Waals surface area contributed by atoms with Crippen LogP contribution in [0.5, 0.6) is 0 Å². The van der Waals surface area contributed by atoms with E-state index in [1.807, 2.05) is 16.9 Å². The van der Waals surface area contributed by atoms with Crippen molar-refractivity contribution in [3.8, 4) is 0 Å². The Balaban J connectivity index is 2.01. The van der Waals surface area contributed by atoms with Crippen molar-refractivity contribution in [2.24, 2.45) is 5.73 Å². The molecule has 1 aromatic rings. The molecule has 0 unspecified atom stereocenters. The van der Waals surface area contributed by atoms with Gasteiger partial charge in [0.1, 0.15) is 0 Å².